The molecule has 2 heterocycles. The minimum atomic E-state index is -0.438. The van der Waals surface area contributed by atoms with Crippen molar-refractivity contribution in [1.29, 1.82) is 0 Å². The highest BCUT2D eigenvalue weighted by molar-refractivity contribution is 5.89. The number of carbonyl (C=O) groups excluding carboxylic acids is 1. The first kappa shape index (κ1) is 16.6. The molecule has 1 saturated heterocycles. The lowest BCUT2D eigenvalue weighted by Crippen LogP contribution is -2.21. The molecule has 1 aliphatic heterocycles. The van der Waals surface area contributed by atoms with Crippen LogP contribution in [0.15, 0.2) is 30.6 Å². The summed E-state index contributed by atoms with van der Waals surface area (Å²) in [4.78, 5) is 13.8. The molecule has 1 fully saturated rings. The maximum Gasteiger partial charge on any atom is 0.337 e. The van der Waals surface area contributed by atoms with E-state index in [9.17, 15) is 9.18 Å². The normalized spacial score (nSPS) is 18.0. The van der Waals surface area contributed by atoms with E-state index in [1.165, 1.54) is 24.8 Å². The summed E-state index contributed by atoms with van der Waals surface area (Å²) in [5.41, 5.74) is 2.17. The highest BCUT2D eigenvalue weighted by atomic mass is 19.1. The maximum absolute atomic E-state index is 14.0. The first-order valence-electron chi connectivity index (χ1n) is 8.12. The average molecular weight is 331 g/mol. The van der Waals surface area contributed by atoms with Crippen molar-refractivity contribution in [2.75, 3.05) is 20.2 Å². The number of benzene rings is 1. The number of ether oxygens (including phenoxy) is 1. The second-order valence-corrected chi connectivity index (χ2v) is 6.41. The number of aromatic nitrogens is 2. The van der Waals surface area contributed by atoms with E-state index in [4.69, 9.17) is 4.74 Å². The number of aryl methyl sites for hydroxylation is 1. The zero-order valence-corrected chi connectivity index (χ0v) is 14.0. The number of hydrogen-bond donors (Lipinski definition) is 0. The molecule has 6 heteroatoms. The van der Waals surface area contributed by atoms with Gasteiger partial charge in [0, 0.05) is 31.9 Å². The Balaban J connectivity index is 1.62. The van der Waals surface area contributed by atoms with Gasteiger partial charge in [-0.1, -0.05) is 0 Å². The monoisotopic (exact) mass is 331 g/mol. The van der Waals surface area contributed by atoms with Gasteiger partial charge >= 0.3 is 5.97 Å². The number of esters is 1. The Morgan fingerprint density at radius 3 is 3.00 bits per heavy atom. The van der Waals surface area contributed by atoms with Crippen LogP contribution < -0.4 is 0 Å². The Kier molecular flexibility index (Phi) is 4.94. The van der Waals surface area contributed by atoms with Crippen LogP contribution in [0.2, 0.25) is 0 Å². The summed E-state index contributed by atoms with van der Waals surface area (Å²) in [6.45, 7) is 2.38. The van der Waals surface area contributed by atoms with Gasteiger partial charge in [-0.2, -0.15) is 5.10 Å². The molecular formula is C18H22FN3O2. The Hall–Kier alpha value is -2.21. The molecule has 5 nitrogen and oxygen atoms in total. The third-order valence-corrected chi connectivity index (χ3v) is 4.51. The fraction of sp³-hybridized carbons (Fsp3) is 0.444. The smallest absolute Gasteiger partial charge is 0.337 e. The molecule has 3 rings (SSSR count). The SMILES string of the molecule is COC(=O)c1ccc(F)c(CN2CC[C@@H](Cc3cnn(C)c3)C2)c1. The third-order valence-electron chi connectivity index (χ3n) is 4.51. The van der Waals surface area contributed by atoms with Crippen LogP contribution in [-0.2, 0) is 24.8 Å². The molecule has 24 heavy (non-hydrogen) atoms. The fourth-order valence-corrected chi connectivity index (χ4v) is 3.32. The van der Waals surface area contributed by atoms with Crippen molar-refractivity contribution in [2.45, 2.75) is 19.4 Å². The predicted molar refractivity (Wildman–Crippen MR) is 88.0 cm³/mol. The summed E-state index contributed by atoms with van der Waals surface area (Å²) in [5.74, 6) is -0.161. The molecule has 1 aromatic heterocycles. The van der Waals surface area contributed by atoms with Gasteiger partial charge in [-0.05, 0) is 49.1 Å². The van der Waals surface area contributed by atoms with Gasteiger partial charge in [0.1, 0.15) is 5.82 Å². The van der Waals surface area contributed by atoms with E-state index >= 15 is 0 Å². The Bertz CT molecular complexity index is 729. The van der Waals surface area contributed by atoms with Crippen molar-refractivity contribution < 1.29 is 13.9 Å². The van der Waals surface area contributed by atoms with Crippen LogP contribution >= 0.6 is 0 Å². The van der Waals surface area contributed by atoms with E-state index in [0.717, 1.165) is 25.9 Å². The molecule has 0 spiro atoms. The fourth-order valence-electron chi connectivity index (χ4n) is 3.32. The average Bonchev–Trinajstić information content (AvgIpc) is 3.18. The molecule has 1 aliphatic rings. The van der Waals surface area contributed by atoms with Crippen LogP contribution in [0.3, 0.4) is 0 Å². The summed E-state index contributed by atoms with van der Waals surface area (Å²) < 4.78 is 20.6. The van der Waals surface area contributed by atoms with E-state index in [2.05, 4.69) is 10.00 Å². The number of halogens is 1. The summed E-state index contributed by atoms with van der Waals surface area (Å²) in [7, 11) is 3.25. The van der Waals surface area contributed by atoms with Crippen LogP contribution in [0.4, 0.5) is 4.39 Å². The van der Waals surface area contributed by atoms with Crippen molar-refractivity contribution in [3.63, 3.8) is 0 Å². The molecule has 1 atom stereocenters. The Morgan fingerprint density at radius 2 is 2.29 bits per heavy atom. The molecular weight excluding hydrogens is 309 g/mol. The molecule has 128 valence electrons. The molecule has 0 N–H and O–H groups in total. The van der Waals surface area contributed by atoms with Gasteiger partial charge < -0.3 is 4.74 Å². The number of hydrogen-bond acceptors (Lipinski definition) is 4. The third kappa shape index (κ3) is 3.82. The lowest BCUT2D eigenvalue weighted by molar-refractivity contribution is 0.0600. The molecule has 2 aromatic rings. The van der Waals surface area contributed by atoms with Crippen molar-refractivity contribution in [1.82, 2.24) is 14.7 Å². The number of likely N-dealkylation sites (tertiary alicyclic amines) is 1. The molecule has 0 amide bonds. The minimum absolute atomic E-state index is 0.279. The first-order chi connectivity index (χ1) is 11.5. The van der Waals surface area contributed by atoms with Crippen molar-refractivity contribution >= 4 is 5.97 Å². The number of methoxy groups -OCH3 is 1. The minimum Gasteiger partial charge on any atom is -0.465 e. The van der Waals surface area contributed by atoms with Crippen molar-refractivity contribution in [3.8, 4) is 0 Å². The van der Waals surface area contributed by atoms with Gasteiger partial charge in [-0.3, -0.25) is 9.58 Å². The maximum atomic E-state index is 14.0. The van der Waals surface area contributed by atoms with Gasteiger partial charge in [-0.15, -0.1) is 0 Å². The van der Waals surface area contributed by atoms with E-state index in [1.54, 1.807) is 6.07 Å². The molecule has 0 unspecified atom stereocenters. The lowest BCUT2D eigenvalue weighted by Gasteiger charge is -2.17. The standard InChI is InChI=1S/C18H22FN3O2/c1-21-10-14(9-20-21)7-13-5-6-22(11-13)12-16-8-15(18(23)24-2)3-4-17(16)19/h3-4,8-10,13H,5-7,11-12H2,1-2H3/t13-/m0/s1. The quantitative estimate of drug-likeness (QED) is 0.790. The highest BCUT2D eigenvalue weighted by Gasteiger charge is 2.24. The second-order valence-electron chi connectivity index (χ2n) is 6.41. The zero-order chi connectivity index (χ0) is 17.1. The summed E-state index contributed by atoms with van der Waals surface area (Å²) >= 11 is 0. The van der Waals surface area contributed by atoms with E-state index in [-0.39, 0.29) is 5.82 Å². The van der Waals surface area contributed by atoms with E-state index < -0.39 is 5.97 Å². The largest absolute Gasteiger partial charge is 0.465 e. The van der Waals surface area contributed by atoms with Gasteiger partial charge in [0.05, 0.1) is 18.9 Å². The van der Waals surface area contributed by atoms with Crippen LogP contribution in [0.25, 0.3) is 0 Å². The van der Waals surface area contributed by atoms with Gasteiger partial charge in [0.2, 0.25) is 0 Å². The summed E-state index contributed by atoms with van der Waals surface area (Å²) in [5, 5.41) is 4.20. The second kappa shape index (κ2) is 7.13. The molecule has 0 saturated carbocycles. The molecule has 0 aliphatic carbocycles. The van der Waals surface area contributed by atoms with Crippen LogP contribution in [0.1, 0.15) is 27.9 Å². The predicted octanol–water partition coefficient (Wildman–Crippen LogP) is 2.41. The van der Waals surface area contributed by atoms with Gasteiger partial charge in [0.15, 0.2) is 0 Å². The van der Waals surface area contributed by atoms with Crippen LogP contribution in [-0.4, -0.2) is 40.8 Å². The van der Waals surface area contributed by atoms with Crippen molar-refractivity contribution in [2.24, 2.45) is 13.0 Å². The van der Waals surface area contributed by atoms with E-state index in [1.807, 2.05) is 24.1 Å². The highest BCUT2D eigenvalue weighted by Crippen LogP contribution is 2.23. The first-order valence-corrected chi connectivity index (χ1v) is 8.12. The molecule has 1 aromatic carbocycles. The molecule has 0 radical (unpaired) electrons. The van der Waals surface area contributed by atoms with Gasteiger partial charge in [0.25, 0.3) is 0 Å². The number of rotatable bonds is 5. The number of nitrogens with zero attached hydrogens (tertiary/aromatic N) is 3. The van der Waals surface area contributed by atoms with Crippen LogP contribution in [0.5, 0.6) is 0 Å². The molecule has 0 bridgehead atoms. The van der Waals surface area contributed by atoms with Crippen molar-refractivity contribution in [3.05, 3.63) is 53.1 Å². The number of carbonyl (C=O) groups is 1. The lowest BCUT2D eigenvalue weighted by atomic mass is 10.0. The Morgan fingerprint density at radius 1 is 1.46 bits per heavy atom. The van der Waals surface area contributed by atoms with E-state index in [0.29, 0.717) is 23.6 Å². The summed E-state index contributed by atoms with van der Waals surface area (Å²) in [6, 6.07) is 4.39. The van der Waals surface area contributed by atoms with Gasteiger partial charge in [-0.25, -0.2) is 9.18 Å². The topological polar surface area (TPSA) is 47.4 Å². The summed E-state index contributed by atoms with van der Waals surface area (Å²) in [6.07, 6.45) is 6.03. The Labute approximate surface area is 141 Å². The zero-order valence-electron chi connectivity index (χ0n) is 14.0. The van der Waals surface area contributed by atoms with Crippen LogP contribution in [0, 0.1) is 11.7 Å².